The lowest BCUT2D eigenvalue weighted by Gasteiger charge is -2.36. The molecule has 0 saturated carbocycles. The van der Waals surface area contributed by atoms with Crippen molar-refractivity contribution in [1.29, 1.82) is 0 Å². The fourth-order valence-corrected chi connectivity index (χ4v) is 4.12. The smallest absolute Gasteiger partial charge is 0.258 e. The molecule has 0 aliphatic carbocycles. The van der Waals surface area contributed by atoms with Gasteiger partial charge in [-0.15, -0.1) is 0 Å². The third-order valence-electron chi connectivity index (χ3n) is 5.44. The van der Waals surface area contributed by atoms with Crippen molar-refractivity contribution in [3.05, 3.63) is 46.0 Å². The molecule has 6 nitrogen and oxygen atoms in total. The Balaban J connectivity index is 1.59. The summed E-state index contributed by atoms with van der Waals surface area (Å²) in [6.45, 7) is 5.87. The maximum Gasteiger partial charge on any atom is 0.258 e. The molecule has 4 heterocycles. The first-order valence-corrected chi connectivity index (χ1v) is 8.50. The van der Waals surface area contributed by atoms with E-state index in [9.17, 15) is 9.90 Å². The van der Waals surface area contributed by atoms with Crippen molar-refractivity contribution < 1.29 is 9.84 Å². The highest BCUT2D eigenvalue weighted by molar-refractivity contribution is 5.39. The van der Waals surface area contributed by atoms with Crippen LogP contribution in [0.3, 0.4) is 0 Å². The van der Waals surface area contributed by atoms with Crippen molar-refractivity contribution in [2.75, 3.05) is 32.9 Å². The van der Waals surface area contributed by atoms with Gasteiger partial charge in [-0.25, -0.2) is 4.98 Å². The number of pyridine rings is 1. The zero-order valence-electron chi connectivity index (χ0n) is 13.9. The minimum Gasteiger partial charge on any atom is -0.396 e. The standard InChI is InChI=1S/C18H23N3O3/c1-13-2-3-16-19-15(6-17(23)21(16)7-13)9-20-8-14-4-5-24-12-18(14,10-20)11-22/h2-3,6-7,14,22H,4-5,8-12H2,1H3/t14-,18+/m0/s1. The van der Waals surface area contributed by atoms with Crippen molar-refractivity contribution in [2.45, 2.75) is 19.9 Å². The molecule has 0 bridgehead atoms. The number of ether oxygens (including phenoxy) is 1. The summed E-state index contributed by atoms with van der Waals surface area (Å²) in [5.41, 5.74) is 2.31. The van der Waals surface area contributed by atoms with Gasteiger partial charge in [0.15, 0.2) is 0 Å². The van der Waals surface area contributed by atoms with Crippen molar-refractivity contribution >= 4 is 5.65 Å². The second-order valence-corrected chi connectivity index (χ2v) is 7.25. The fraction of sp³-hybridized carbons (Fsp3) is 0.556. The Morgan fingerprint density at radius 2 is 2.33 bits per heavy atom. The molecule has 2 atom stereocenters. The second-order valence-electron chi connectivity index (χ2n) is 7.25. The monoisotopic (exact) mass is 329 g/mol. The molecular formula is C18H23N3O3. The predicted octanol–water partition coefficient (Wildman–Crippen LogP) is 0.834. The Kier molecular flexibility index (Phi) is 3.90. The van der Waals surface area contributed by atoms with Crippen LogP contribution in [0, 0.1) is 18.3 Å². The number of hydrogen-bond donors (Lipinski definition) is 1. The topological polar surface area (TPSA) is 67.1 Å². The lowest BCUT2D eigenvalue weighted by atomic mass is 9.76. The zero-order valence-corrected chi connectivity index (χ0v) is 13.9. The molecule has 6 heteroatoms. The Hall–Kier alpha value is -1.76. The first kappa shape index (κ1) is 15.7. The molecule has 0 unspecified atom stereocenters. The van der Waals surface area contributed by atoms with E-state index in [2.05, 4.69) is 9.88 Å². The molecule has 0 aromatic carbocycles. The normalized spacial score (nSPS) is 27.5. The van der Waals surface area contributed by atoms with E-state index >= 15 is 0 Å². The van der Waals surface area contributed by atoms with Gasteiger partial charge in [0.2, 0.25) is 0 Å². The van der Waals surface area contributed by atoms with Crippen LogP contribution in [0.25, 0.3) is 5.65 Å². The number of aliphatic hydroxyl groups is 1. The van der Waals surface area contributed by atoms with Gasteiger partial charge in [-0.1, -0.05) is 6.07 Å². The van der Waals surface area contributed by atoms with Crippen molar-refractivity contribution in [3.8, 4) is 0 Å². The van der Waals surface area contributed by atoms with Crippen molar-refractivity contribution in [1.82, 2.24) is 14.3 Å². The maximum atomic E-state index is 12.3. The molecule has 24 heavy (non-hydrogen) atoms. The molecule has 2 aromatic rings. The fourth-order valence-electron chi connectivity index (χ4n) is 4.12. The van der Waals surface area contributed by atoms with Gasteiger partial charge >= 0.3 is 0 Å². The van der Waals surface area contributed by atoms with E-state index in [-0.39, 0.29) is 17.6 Å². The molecule has 128 valence electrons. The Labute approximate surface area is 140 Å². The first-order chi connectivity index (χ1) is 11.6. The lowest BCUT2D eigenvalue weighted by Crippen LogP contribution is -2.42. The maximum absolute atomic E-state index is 12.3. The van der Waals surface area contributed by atoms with Crippen molar-refractivity contribution in [3.63, 3.8) is 0 Å². The van der Waals surface area contributed by atoms with Gasteiger partial charge in [-0.3, -0.25) is 14.1 Å². The molecule has 4 rings (SSSR count). The molecule has 2 aliphatic heterocycles. The van der Waals surface area contributed by atoms with Crippen LogP contribution in [0.5, 0.6) is 0 Å². The quantitative estimate of drug-likeness (QED) is 0.904. The summed E-state index contributed by atoms with van der Waals surface area (Å²) in [6, 6.07) is 5.47. The number of aliphatic hydroxyl groups excluding tert-OH is 1. The highest BCUT2D eigenvalue weighted by Gasteiger charge is 2.48. The summed E-state index contributed by atoms with van der Waals surface area (Å²) in [5.74, 6) is 0.459. The minimum absolute atomic E-state index is 0.0458. The second kappa shape index (κ2) is 5.95. The number of rotatable bonds is 3. The highest BCUT2D eigenvalue weighted by Crippen LogP contribution is 2.41. The predicted molar refractivity (Wildman–Crippen MR) is 89.9 cm³/mol. The molecule has 0 radical (unpaired) electrons. The van der Waals surface area contributed by atoms with Crippen LogP contribution >= 0.6 is 0 Å². The van der Waals surface area contributed by atoms with Gasteiger partial charge < -0.3 is 9.84 Å². The molecule has 2 saturated heterocycles. The van der Waals surface area contributed by atoms with Crippen LogP contribution in [0.4, 0.5) is 0 Å². The molecule has 1 N–H and O–H groups in total. The van der Waals surface area contributed by atoms with Gasteiger partial charge in [0, 0.05) is 43.9 Å². The highest BCUT2D eigenvalue weighted by atomic mass is 16.5. The number of aromatic nitrogens is 2. The molecule has 0 amide bonds. The van der Waals surface area contributed by atoms with E-state index in [0.717, 1.165) is 37.4 Å². The summed E-state index contributed by atoms with van der Waals surface area (Å²) in [6.07, 6.45) is 2.81. The summed E-state index contributed by atoms with van der Waals surface area (Å²) in [4.78, 5) is 19.3. The number of hydrogen-bond acceptors (Lipinski definition) is 5. The summed E-state index contributed by atoms with van der Waals surface area (Å²) >= 11 is 0. The molecule has 2 aliphatic rings. The first-order valence-electron chi connectivity index (χ1n) is 8.50. The van der Waals surface area contributed by atoms with E-state index in [1.165, 1.54) is 0 Å². The Bertz CT molecular complexity index is 819. The van der Waals surface area contributed by atoms with E-state index in [0.29, 0.717) is 24.7 Å². The molecule has 0 spiro atoms. The van der Waals surface area contributed by atoms with Crippen LogP contribution in [-0.4, -0.2) is 52.3 Å². The van der Waals surface area contributed by atoms with Gasteiger partial charge in [0.05, 0.1) is 18.9 Å². The molecule has 2 fully saturated rings. The van der Waals surface area contributed by atoms with Gasteiger partial charge in [-0.05, 0) is 30.9 Å². The van der Waals surface area contributed by atoms with E-state index in [1.807, 2.05) is 25.3 Å². The largest absolute Gasteiger partial charge is 0.396 e. The van der Waals surface area contributed by atoms with E-state index < -0.39 is 0 Å². The van der Waals surface area contributed by atoms with Crippen molar-refractivity contribution in [2.24, 2.45) is 11.3 Å². The minimum atomic E-state index is -0.152. The number of likely N-dealkylation sites (tertiary alicyclic amines) is 1. The van der Waals surface area contributed by atoms with Gasteiger partial charge in [0.25, 0.3) is 5.56 Å². The summed E-state index contributed by atoms with van der Waals surface area (Å²) < 4.78 is 7.20. The lowest BCUT2D eigenvalue weighted by molar-refractivity contribution is -0.0561. The van der Waals surface area contributed by atoms with Crippen LogP contribution in [0.1, 0.15) is 17.7 Å². The van der Waals surface area contributed by atoms with Gasteiger partial charge in [-0.2, -0.15) is 0 Å². The number of fused-ring (bicyclic) bond motifs is 2. The third kappa shape index (κ3) is 2.64. The van der Waals surface area contributed by atoms with Gasteiger partial charge in [0.1, 0.15) is 5.65 Å². The van der Waals surface area contributed by atoms with Crippen LogP contribution < -0.4 is 5.56 Å². The zero-order chi connectivity index (χ0) is 16.7. The SMILES string of the molecule is Cc1ccc2nc(CN3C[C@@H]4CCOC[C@]4(CO)C3)cc(=O)n2c1. The Morgan fingerprint density at radius 3 is 3.12 bits per heavy atom. The van der Waals surface area contributed by atoms with E-state index in [4.69, 9.17) is 4.74 Å². The number of aryl methyl sites for hydroxylation is 1. The molecular weight excluding hydrogens is 306 g/mol. The Morgan fingerprint density at radius 1 is 1.46 bits per heavy atom. The van der Waals surface area contributed by atoms with Crippen LogP contribution in [0.15, 0.2) is 29.2 Å². The summed E-state index contributed by atoms with van der Waals surface area (Å²) in [5, 5.41) is 9.87. The average molecular weight is 329 g/mol. The van der Waals surface area contributed by atoms with E-state index in [1.54, 1.807) is 10.5 Å². The number of nitrogens with zero attached hydrogens (tertiary/aromatic N) is 3. The molecule has 2 aromatic heterocycles. The van der Waals surface area contributed by atoms with Crippen LogP contribution in [0.2, 0.25) is 0 Å². The third-order valence-corrected chi connectivity index (χ3v) is 5.44. The average Bonchev–Trinajstić information content (AvgIpc) is 2.94. The summed E-state index contributed by atoms with van der Waals surface area (Å²) in [7, 11) is 0. The van der Waals surface area contributed by atoms with Crippen LogP contribution in [-0.2, 0) is 11.3 Å².